The fourth-order valence-electron chi connectivity index (χ4n) is 3.46. The Morgan fingerprint density at radius 3 is 2.81 bits per heavy atom. The summed E-state index contributed by atoms with van der Waals surface area (Å²) in [5.74, 6) is 1.52. The van der Waals surface area contributed by atoms with Crippen LogP contribution in [0.2, 0.25) is 0 Å². The first-order chi connectivity index (χ1) is 10.1. The van der Waals surface area contributed by atoms with Crippen molar-refractivity contribution in [3.05, 3.63) is 23.8 Å². The topological polar surface area (TPSA) is 55.6 Å². The van der Waals surface area contributed by atoms with Crippen molar-refractivity contribution < 1.29 is 9.53 Å². The molecule has 2 N–H and O–H groups in total. The zero-order valence-electron chi connectivity index (χ0n) is 12.7. The molecule has 2 aliphatic rings. The van der Waals surface area contributed by atoms with Crippen molar-refractivity contribution in [3.63, 3.8) is 0 Å². The van der Waals surface area contributed by atoms with Crippen LogP contribution in [0, 0.1) is 5.92 Å². The molecule has 1 heterocycles. The average molecular weight is 288 g/mol. The second-order valence-electron chi connectivity index (χ2n) is 6.35. The fraction of sp³-hybridized carbons (Fsp3) is 0.588. The summed E-state index contributed by atoms with van der Waals surface area (Å²) in [6, 6.07) is 5.62. The van der Waals surface area contributed by atoms with Crippen molar-refractivity contribution in [2.45, 2.75) is 51.7 Å². The average Bonchev–Trinajstić information content (AvgIpc) is 2.59. The van der Waals surface area contributed by atoms with Crippen LogP contribution in [0.1, 0.15) is 44.6 Å². The Morgan fingerprint density at radius 2 is 2.05 bits per heavy atom. The summed E-state index contributed by atoms with van der Waals surface area (Å²) < 4.78 is 5.80. The fourth-order valence-corrected chi connectivity index (χ4v) is 3.46. The molecule has 1 aliphatic carbocycles. The van der Waals surface area contributed by atoms with E-state index in [1.807, 2.05) is 30.0 Å². The molecule has 114 valence electrons. The highest BCUT2D eigenvalue weighted by molar-refractivity contribution is 5.81. The molecule has 1 unspecified atom stereocenters. The van der Waals surface area contributed by atoms with Crippen LogP contribution in [0.4, 0.5) is 5.69 Å². The second-order valence-corrected chi connectivity index (χ2v) is 6.35. The summed E-state index contributed by atoms with van der Waals surface area (Å²) in [6.07, 6.45) is 5.98. The van der Waals surface area contributed by atoms with E-state index in [0.29, 0.717) is 12.5 Å². The first kappa shape index (κ1) is 14.2. The van der Waals surface area contributed by atoms with Crippen LogP contribution in [0.3, 0.4) is 0 Å². The Labute approximate surface area is 126 Å². The largest absolute Gasteiger partial charge is 0.481 e. The minimum Gasteiger partial charge on any atom is -0.481 e. The van der Waals surface area contributed by atoms with Gasteiger partial charge in [-0.2, -0.15) is 0 Å². The van der Waals surface area contributed by atoms with Gasteiger partial charge >= 0.3 is 0 Å². The van der Waals surface area contributed by atoms with E-state index in [4.69, 9.17) is 10.5 Å². The van der Waals surface area contributed by atoms with E-state index in [0.717, 1.165) is 23.5 Å². The summed E-state index contributed by atoms with van der Waals surface area (Å²) in [4.78, 5) is 14.5. The summed E-state index contributed by atoms with van der Waals surface area (Å²) in [7, 11) is 0. The van der Waals surface area contributed by atoms with Crippen molar-refractivity contribution in [1.29, 1.82) is 0 Å². The number of amides is 1. The first-order valence-electron chi connectivity index (χ1n) is 7.97. The van der Waals surface area contributed by atoms with Crippen molar-refractivity contribution >= 4 is 11.6 Å². The molecule has 0 radical (unpaired) electrons. The van der Waals surface area contributed by atoms with Gasteiger partial charge in [-0.25, -0.2) is 0 Å². The third-order valence-electron chi connectivity index (χ3n) is 4.61. The number of carbonyl (C=O) groups excluding carboxylic acids is 1. The maximum Gasteiger partial charge on any atom is 0.263 e. The summed E-state index contributed by atoms with van der Waals surface area (Å²) in [5, 5.41) is 0. The molecule has 1 aliphatic heterocycles. The molecule has 0 saturated heterocycles. The molecule has 0 aromatic heterocycles. The zero-order valence-corrected chi connectivity index (χ0v) is 12.7. The van der Waals surface area contributed by atoms with Gasteiger partial charge in [0.15, 0.2) is 6.10 Å². The molecular weight excluding hydrogens is 264 g/mol. The highest BCUT2D eigenvalue weighted by Crippen LogP contribution is 2.30. The first-order valence-corrected chi connectivity index (χ1v) is 7.97. The number of carbonyl (C=O) groups is 1. The molecule has 0 bridgehead atoms. The second kappa shape index (κ2) is 5.96. The molecule has 0 spiro atoms. The number of rotatable bonds is 2. The number of hydrogen-bond acceptors (Lipinski definition) is 3. The van der Waals surface area contributed by atoms with E-state index in [2.05, 4.69) is 0 Å². The predicted molar refractivity (Wildman–Crippen MR) is 82.9 cm³/mol. The van der Waals surface area contributed by atoms with Gasteiger partial charge < -0.3 is 15.4 Å². The smallest absolute Gasteiger partial charge is 0.263 e. The van der Waals surface area contributed by atoms with Crippen molar-refractivity contribution in [2.75, 3.05) is 12.3 Å². The predicted octanol–water partition coefficient (Wildman–Crippen LogP) is 2.96. The molecule has 1 amide bonds. The monoisotopic (exact) mass is 288 g/mol. The van der Waals surface area contributed by atoms with E-state index in [-0.39, 0.29) is 5.91 Å². The van der Waals surface area contributed by atoms with Gasteiger partial charge in [0.25, 0.3) is 5.91 Å². The number of benzene rings is 1. The molecule has 4 heteroatoms. The maximum absolute atomic E-state index is 12.5. The third-order valence-corrected chi connectivity index (χ3v) is 4.61. The molecule has 1 aromatic rings. The van der Waals surface area contributed by atoms with Gasteiger partial charge in [-0.15, -0.1) is 0 Å². The van der Waals surface area contributed by atoms with Gasteiger partial charge in [0.1, 0.15) is 5.75 Å². The number of nitrogen functional groups attached to an aromatic ring is 1. The van der Waals surface area contributed by atoms with Crippen LogP contribution in [0.25, 0.3) is 0 Å². The lowest BCUT2D eigenvalue weighted by Crippen LogP contribution is -2.40. The van der Waals surface area contributed by atoms with E-state index < -0.39 is 6.10 Å². The van der Waals surface area contributed by atoms with Crippen LogP contribution < -0.4 is 10.5 Å². The lowest BCUT2D eigenvalue weighted by molar-refractivity contribution is -0.138. The Hall–Kier alpha value is -1.71. The zero-order chi connectivity index (χ0) is 14.8. The van der Waals surface area contributed by atoms with Crippen LogP contribution in [0.15, 0.2) is 18.2 Å². The molecule has 1 saturated carbocycles. The standard InChI is InChI=1S/C17H24N2O2/c1-12-17(20)19(10-13-5-3-2-4-6-13)11-14-9-15(18)7-8-16(14)21-12/h7-9,12-13H,2-6,10-11,18H2,1H3. The van der Waals surface area contributed by atoms with Gasteiger partial charge in [0.2, 0.25) is 0 Å². The number of anilines is 1. The Kier molecular flexibility index (Phi) is 4.04. The number of nitrogens with zero attached hydrogens (tertiary/aromatic N) is 1. The van der Waals surface area contributed by atoms with Crippen molar-refractivity contribution in [2.24, 2.45) is 5.92 Å². The molecule has 3 rings (SSSR count). The van der Waals surface area contributed by atoms with Gasteiger partial charge in [0.05, 0.1) is 0 Å². The summed E-state index contributed by atoms with van der Waals surface area (Å²) in [6.45, 7) is 3.29. The minimum atomic E-state index is -0.418. The summed E-state index contributed by atoms with van der Waals surface area (Å²) >= 11 is 0. The number of fused-ring (bicyclic) bond motifs is 1. The van der Waals surface area contributed by atoms with Gasteiger partial charge in [-0.05, 0) is 43.9 Å². The molecule has 1 atom stereocenters. The summed E-state index contributed by atoms with van der Waals surface area (Å²) in [5.41, 5.74) is 7.61. The highest BCUT2D eigenvalue weighted by Gasteiger charge is 2.29. The quantitative estimate of drug-likeness (QED) is 0.851. The van der Waals surface area contributed by atoms with Gasteiger partial charge in [0, 0.05) is 24.3 Å². The number of nitrogens with two attached hydrogens (primary N) is 1. The number of hydrogen-bond donors (Lipinski definition) is 1. The van der Waals surface area contributed by atoms with Crippen LogP contribution in [-0.4, -0.2) is 23.5 Å². The third kappa shape index (κ3) is 3.14. The van der Waals surface area contributed by atoms with Gasteiger partial charge in [-0.1, -0.05) is 19.3 Å². The minimum absolute atomic E-state index is 0.0929. The SMILES string of the molecule is CC1Oc2ccc(N)cc2CN(CC2CCCCC2)C1=O. The lowest BCUT2D eigenvalue weighted by Gasteiger charge is -2.29. The lowest BCUT2D eigenvalue weighted by atomic mass is 9.89. The molecule has 1 fully saturated rings. The maximum atomic E-state index is 12.5. The van der Waals surface area contributed by atoms with Gasteiger partial charge in [-0.3, -0.25) is 4.79 Å². The Balaban J connectivity index is 1.80. The van der Waals surface area contributed by atoms with E-state index in [1.165, 1.54) is 32.1 Å². The van der Waals surface area contributed by atoms with Crippen LogP contribution in [0.5, 0.6) is 5.75 Å². The number of ether oxygens (including phenoxy) is 1. The van der Waals surface area contributed by atoms with E-state index in [1.54, 1.807) is 0 Å². The van der Waals surface area contributed by atoms with Crippen LogP contribution >= 0.6 is 0 Å². The molecule has 4 nitrogen and oxygen atoms in total. The normalized spacial score (nSPS) is 23.4. The molecule has 21 heavy (non-hydrogen) atoms. The molecule has 1 aromatic carbocycles. The van der Waals surface area contributed by atoms with Crippen molar-refractivity contribution in [3.8, 4) is 5.75 Å². The molecular formula is C17H24N2O2. The Morgan fingerprint density at radius 1 is 1.29 bits per heavy atom. The Bertz CT molecular complexity index is 524. The van der Waals surface area contributed by atoms with Crippen molar-refractivity contribution in [1.82, 2.24) is 4.90 Å². The van der Waals surface area contributed by atoms with E-state index in [9.17, 15) is 4.79 Å². The van der Waals surface area contributed by atoms with E-state index >= 15 is 0 Å². The van der Waals surface area contributed by atoms with Crippen LogP contribution in [-0.2, 0) is 11.3 Å². The highest BCUT2D eigenvalue weighted by atomic mass is 16.5.